The summed E-state index contributed by atoms with van der Waals surface area (Å²) < 4.78 is 11.5. The molecule has 4 atom stereocenters. The second-order valence-corrected chi connectivity index (χ2v) is 9.47. The zero-order valence-corrected chi connectivity index (χ0v) is 15.8. The second kappa shape index (κ2) is 6.34. The summed E-state index contributed by atoms with van der Waals surface area (Å²) in [5.41, 5.74) is 1.57. The molecule has 0 amide bonds. The number of aromatic nitrogens is 1. The van der Waals surface area contributed by atoms with Crippen LogP contribution in [0.3, 0.4) is 0 Å². The molecule has 0 N–H and O–H groups in total. The lowest BCUT2D eigenvalue weighted by Crippen LogP contribution is -2.35. The summed E-state index contributed by atoms with van der Waals surface area (Å²) >= 11 is 0.497. The molecule has 2 aromatic rings. The fraction of sp³-hybridized carbons (Fsp3) is 0.421. The van der Waals surface area contributed by atoms with Gasteiger partial charge in [0.25, 0.3) is 0 Å². The summed E-state index contributed by atoms with van der Waals surface area (Å²) in [5, 5.41) is 0.805. The highest BCUT2D eigenvalue weighted by molar-refractivity contribution is 7.90. The van der Waals surface area contributed by atoms with Crippen molar-refractivity contribution in [3.8, 4) is 10.6 Å². The molecule has 6 heteroatoms. The molecule has 1 aromatic carbocycles. The molecule has 25 heavy (non-hydrogen) atoms. The third-order valence-corrected chi connectivity index (χ3v) is 7.32. The zero-order valence-electron chi connectivity index (χ0n) is 14.2. The highest BCUT2D eigenvalue weighted by Crippen LogP contribution is 2.45. The minimum absolute atomic E-state index is 0.0380. The molecule has 2 unspecified atom stereocenters. The number of rotatable bonds is 3. The van der Waals surface area contributed by atoms with Gasteiger partial charge in [0.05, 0.1) is 5.69 Å². The minimum atomic E-state index is -1.01. The molecule has 0 radical (unpaired) electrons. The highest BCUT2D eigenvalue weighted by Gasteiger charge is 2.48. The van der Waals surface area contributed by atoms with E-state index in [0.29, 0.717) is 5.69 Å². The van der Waals surface area contributed by atoms with E-state index in [1.807, 2.05) is 31.2 Å². The molecule has 2 aliphatic rings. The molecular formula is C19H19NO3S2. The van der Waals surface area contributed by atoms with Crippen molar-refractivity contribution < 1.29 is 14.1 Å². The fourth-order valence-corrected chi connectivity index (χ4v) is 5.44. The average Bonchev–Trinajstić information content (AvgIpc) is 3.20. The van der Waals surface area contributed by atoms with Gasteiger partial charge in [0.15, 0.2) is 16.5 Å². The molecule has 1 heterocycles. The third kappa shape index (κ3) is 2.86. The summed E-state index contributed by atoms with van der Waals surface area (Å²) in [6.45, 7) is 1.93. The van der Waals surface area contributed by atoms with Gasteiger partial charge in [-0.1, -0.05) is 0 Å². The second-order valence-electron chi connectivity index (χ2n) is 6.88. The molecule has 0 spiro atoms. The molecule has 4 nitrogen and oxygen atoms in total. The van der Waals surface area contributed by atoms with Crippen LogP contribution < -0.4 is 0 Å². The van der Waals surface area contributed by atoms with Crippen LogP contribution in [0.4, 0.5) is 0 Å². The Morgan fingerprint density at radius 2 is 1.72 bits per heavy atom. The predicted molar refractivity (Wildman–Crippen MR) is 98.2 cm³/mol. The maximum absolute atomic E-state index is 12.7. The van der Waals surface area contributed by atoms with Crippen molar-refractivity contribution in [2.45, 2.75) is 37.0 Å². The summed E-state index contributed by atoms with van der Waals surface area (Å²) in [5.74, 6) is -0.461. The van der Waals surface area contributed by atoms with Crippen molar-refractivity contribution in [2.24, 2.45) is 11.8 Å². The molecular weight excluding hydrogens is 354 g/mol. The number of nitrogens with zero attached hydrogens (tertiary/aromatic N) is 1. The van der Waals surface area contributed by atoms with Crippen LogP contribution in [0.15, 0.2) is 29.2 Å². The van der Waals surface area contributed by atoms with E-state index >= 15 is 0 Å². The maximum atomic E-state index is 12.7. The SMILES string of the molecule is Cc1sc(-c2ccc([S+](C)[O-])cc2)nc1C1C(=O)[C@@H]2CC[C@@H](C2)C1=O. The van der Waals surface area contributed by atoms with Crippen LogP contribution in [0.25, 0.3) is 10.6 Å². The van der Waals surface area contributed by atoms with E-state index in [9.17, 15) is 14.1 Å². The van der Waals surface area contributed by atoms with Crippen LogP contribution >= 0.6 is 11.3 Å². The quantitative estimate of drug-likeness (QED) is 0.610. The monoisotopic (exact) mass is 373 g/mol. The molecule has 2 bridgehead atoms. The molecule has 130 valence electrons. The lowest BCUT2D eigenvalue weighted by molar-refractivity contribution is -0.136. The minimum Gasteiger partial charge on any atom is -0.612 e. The number of aryl methyl sites for hydroxylation is 1. The number of Topliss-reactive ketones (excluding diaryl/α,β-unsaturated/α-hetero) is 2. The Balaban J connectivity index is 1.68. The summed E-state index contributed by atoms with van der Waals surface area (Å²) in [6, 6.07) is 7.46. The van der Waals surface area contributed by atoms with Crippen LogP contribution in [0.2, 0.25) is 0 Å². The predicted octanol–water partition coefficient (Wildman–Crippen LogP) is 3.51. The van der Waals surface area contributed by atoms with Gasteiger partial charge in [-0.15, -0.1) is 11.3 Å². The fourth-order valence-electron chi connectivity index (χ4n) is 3.97. The van der Waals surface area contributed by atoms with E-state index in [2.05, 4.69) is 4.98 Å². The van der Waals surface area contributed by atoms with Gasteiger partial charge in [0, 0.05) is 22.3 Å². The standard InChI is InChI=1S/C19H19NO3S2/c1-10-16(15-17(21)12-3-4-13(9-12)18(15)22)20-19(24-10)11-5-7-14(8-6-11)25(2)23/h5-8,12-13,15H,3-4,9H2,1-2H3/t12-,13+,15?,25?. The molecule has 4 rings (SSSR count). The Morgan fingerprint density at radius 1 is 1.12 bits per heavy atom. The van der Waals surface area contributed by atoms with E-state index in [1.165, 1.54) is 11.3 Å². The van der Waals surface area contributed by atoms with Gasteiger partial charge in [-0.05, 0) is 61.6 Å². The number of benzene rings is 1. The van der Waals surface area contributed by atoms with Crippen molar-refractivity contribution in [1.29, 1.82) is 0 Å². The van der Waals surface area contributed by atoms with Gasteiger partial charge in [0.1, 0.15) is 17.2 Å². The molecule has 2 saturated carbocycles. The first-order valence-electron chi connectivity index (χ1n) is 8.44. The van der Waals surface area contributed by atoms with Crippen LogP contribution in [-0.2, 0) is 20.8 Å². The average molecular weight is 373 g/mol. The Hall–Kier alpha value is -1.50. The highest BCUT2D eigenvalue weighted by atomic mass is 32.2. The van der Waals surface area contributed by atoms with E-state index in [-0.39, 0.29) is 23.4 Å². The lowest BCUT2D eigenvalue weighted by atomic mass is 9.77. The zero-order chi connectivity index (χ0) is 17.7. The topological polar surface area (TPSA) is 70.1 Å². The van der Waals surface area contributed by atoms with Crippen LogP contribution in [0, 0.1) is 18.8 Å². The van der Waals surface area contributed by atoms with Crippen molar-refractivity contribution in [1.82, 2.24) is 4.98 Å². The van der Waals surface area contributed by atoms with Crippen molar-refractivity contribution in [2.75, 3.05) is 6.26 Å². The first kappa shape index (κ1) is 16.9. The number of hydrogen-bond acceptors (Lipinski definition) is 5. The normalized spacial score (nSPS) is 26.9. The van der Waals surface area contributed by atoms with E-state index in [1.54, 1.807) is 6.26 Å². The number of hydrogen-bond donors (Lipinski definition) is 0. The Morgan fingerprint density at radius 3 is 2.28 bits per heavy atom. The molecule has 2 fully saturated rings. The Kier molecular flexibility index (Phi) is 4.30. The Labute approximate surface area is 153 Å². The molecule has 2 aliphatic carbocycles. The van der Waals surface area contributed by atoms with Gasteiger partial charge < -0.3 is 4.55 Å². The first-order valence-corrected chi connectivity index (χ1v) is 10.8. The van der Waals surface area contributed by atoms with E-state index < -0.39 is 17.1 Å². The molecule has 0 saturated heterocycles. The third-order valence-electron chi connectivity index (χ3n) is 5.35. The first-order chi connectivity index (χ1) is 12.0. The van der Waals surface area contributed by atoms with Crippen LogP contribution in [0.5, 0.6) is 0 Å². The lowest BCUT2D eigenvalue weighted by Gasteiger charge is -2.24. The summed E-state index contributed by atoms with van der Waals surface area (Å²) in [4.78, 5) is 31.8. The number of carbonyl (C=O) groups excluding carboxylic acids is 2. The van der Waals surface area contributed by atoms with Crippen LogP contribution in [-0.4, -0.2) is 27.4 Å². The van der Waals surface area contributed by atoms with E-state index in [0.717, 1.165) is 39.6 Å². The summed E-state index contributed by atoms with van der Waals surface area (Å²) in [7, 11) is 0. The number of carbonyl (C=O) groups is 2. The van der Waals surface area contributed by atoms with Crippen molar-refractivity contribution >= 4 is 34.1 Å². The Bertz CT molecular complexity index is 819. The summed E-state index contributed by atoms with van der Waals surface area (Å²) in [6.07, 6.45) is 4.07. The van der Waals surface area contributed by atoms with E-state index in [4.69, 9.17) is 0 Å². The van der Waals surface area contributed by atoms with Crippen LogP contribution in [0.1, 0.15) is 35.8 Å². The smallest absolute Gasteiger partial charge is 0.152 e. The van der Waals surface area contributed by atoms with Gasteiger partial charge in [-0.25, -0.2) is 4.98 Å². The molecule has 1 aromatic heterocycles. The number of thiazole rings is 1. The van der Waals surface area contributed by atoms with Crippen molar-refractivity contribution in [3.05, 3.63) is 34.8 Å². The number of fused-ring (bicyclic) bond motifs is 2. The largest absolute Gasteiger partial charge is 0.612 e. The van der Waals surface area contributed by atoms with Gasteiger partial charge >= 0.3 is 0 Å². The maximum Gasteiger partial charge on any atom is 0.152 e. The van der Waals surface area contributed by atoms with Gasteiger partial charge in [-0.2, -0.15) is 0 Å². The van der Waals surface area contributed by atoms with Crippen molar-refractivity contribution in [3.63, 3.8) is 0 Å². The number of ketones is 2. The van der Waals surface area contributed by atoms with Gasteiger partial charge in [-0.3, -0.25) is 9.59 Å². The van der Waals surface area contributed by atoms with Gasteiger partial charge in [0.2, 0.25) is 0 Å². The molecule has 0 aliphatic heterocycles.